The zero-order valence-corrected chi connectivity index (χ0v) is 20.6. The quantitative estimate of drug-likeness (QED) is 0.511. The number of aryl methyl sites for hydroxylation is 1. The number of rotatable bonds is 10. The van der Waals surface area contributed by atoms with Gasteiger partial charge in [-0.1, -0.05) is 62.7 Å². The summed E-state index contributed by atoms with van der Waals surface area (Å²) >= 11 is 0. The molecule has 0 bridgehead atoms. The van der Waals surface area contributed by atoms with Crippen LogP contribution in [0.25, 0.3) is 0 Å². The number of likely N-dealkylation sites (tertiary alicyclic amines) is 1. The second-order valence-corrected chi connectivity index (χ2v) is 8.87. The number of hydrogen-bond acceptors (Lipinski definition) is 4. The molecule has 0 aromatic heterocycles. The number of urea groups is 1. The number of hydrogen-bond donors (Lipinski definition) is 1. The molecule has 1 saturated heterocycles. The Morgan fingerprint density at radius 1 is 1.03 bits per heavy atom. The molecule has 2 aromatic rings. The zero-order valence-electron chi connectivity index (χ0n) is 20.6. The van der Waals surface area contributed by atoms with Crippen LogP contribution in [0.3, 0.4) is 0 Å². The average Bonchev–Trinajstić information content (AvgIpc) is 2.82. The fraction of sp³-hybridized carbons (Fsp3) is 0.481. The summed E-state index contributed by atoms with van der Waals surface area (Å²) in [5.41, 5.74) is 2.69. The molecule has 1 heterocycles. The van der Waals surface area contributed by atoms with Gasteiger partial charge in [-0.05, 0) is 56.5 Å². The standard InChI is InChI=1S/C27H37N3O3/c1-6-17-29(19-22-11-9-20(4)10-12-22)26(32)30-24(31)27(7-2,8-3)25(30)33-23-15-13-21(14-16-23)18-28-5/h9-16,25,28H,6-8,17-19H2,1-5H3. The number of benzene rings is 2. The Morgan fingerprint density at radius 3 is 2.18 bits per heavy atom. The zero-order chi connectivity index (χ0) is 24.0. The molecule has 6 heteroatoms. The van der Waals surface area contributed by atoms with E-state index in [0.29, 0.717) is 31.7 Å². The van der Waals surface area contributed by atoms with Crippen molar-refractivity contribution in [3.05, 3.63) is 65.2 Å². The van der Waals surface area contributed by atoms with Crippen molar-refractivity contribution in [2.45, 2.75) is 66.3 Å². The molecular formula is C27H37N3O3. The van der Waals surface area contributed by atoms with E-state index in [4.69, 9.17) is 4.74 Å². The normalized spacial score (nSPS) is 16.9. The summed E-state index contributed by atoms with van der Waals surface area (Å²) in [6.07, 6.45) is 1.45. The van der Waals surface area contributed by atoms with Crippen molar-refractivity contribution in [1.82, 2.24) is 15.1 Å². The Hall–Kier alpha value is -2.86. The number of nitrogens with zero attached hydrogens (tertiary/aromatic N) is 2. The SMILES string of the molecule is CCCN(Cc1ccc(C)cc1)C(=O)N1C(=O)C(CC)(CC)C1Oc1ccc(CNC)cc1. The van der Waals surface area contributed by atoms with Crippen LogP contribution in [0, 0.1) is 12.3 Å². The van der Waals surface area contributed by atoms with E-state index in [9.17, 15) is 9.59 Å². The summed E-state index contributed by atoms with van der Waals surface area (Å²) in [5, 5.41) is 3.13. The van der Waals surface area contributed by atoms with E-state index < -0.39 is 11.6 Å². The molecule has 2 aromatic carbocycles. The van der Waals surface area contributed by atoms with Gasteiger partial charge in [-0.2, -0.15) is 0 Å². The van der Waals surface area contributed by atoms with Crippen molar-refractivity contribution in [3.63, 3.8) is 0 Å². The molecule has 1 fully saturated rings. The molecule has 1 aliphatic heterocycles. The van der Waals surface area contributed by atoms with Crippen molar-refractivity contribution in [1.29, 1.82) is 0 Å². The van der Waals surface area contributed by atoms with E-state index in [0.717, 1.165) is 24.1 Å². The van der Waals surface area contributed by atoms with Gasteiger partial charge in [0.25, 0.3) is 0 Å². The van der Waals surface area contributed by atoms with Crippen molar-refractivity contribution < 1.29 is 14.3 Å². The number of carbonyl (C=O) groups excluding carboxylic acids is 2. The largest absolute Gasteiger partial charge is 0.469 e. The molecule has 0 saturated carbocycles. The molecule has 0 spiro atoms. The monoisotopic (exact) mass is 451 g/mol. The van der Waals surface area contributed by atoms with E-state index >= 15 is 0 Å². The van der Waals surface area contributed by atoms with E-state index in [1.807, 2.05) is 83.3 Å². The molecule has 1 atom stereocenters. The van der Waals surface area contributed by atoms with Gasteiger partial charge in [0.05, 0.1) is 0 Å². The summed E-state index contributed by atoms with van der Waals surface area (Å²) in [4.78, 5) is 30.0. The minimum Gasteiger partial charge on any atom is -0.469 e. The molecule has 3 amide bonds. The van der Waals surface area contributed by atoms with Crippen LogP contribution in [0.15, 0.2) is 48.5 Å². The number of imide groups is 1. The third-order valence-corrected chi connectivity index (χ3v) is 6.63. The van der Waals surface area contributed by atoms with E-state index in [2.05, 4.69) is 5.32 Å². The fourth-order valence-electron chi connectivity index (χ4n) is 4.48. The minimum absolute atomic E-state index is 0.140. The molecule has 33 heavy (non-hydrogen) atoms. The van der Waals surface area contributed by atoms with Crippen molar-refractivity contribution >= 4 is 11.9 Å². The highest BCUT2D eigenvalue weighted by Crippen LogP contribution is 2.46. The summed E-state index contributed by atoms with van der Waals surface area (Å²) < 4.78 is 6.32. The summed E-state index contributed by atoms with van der Waals surface area (Å²) in [6.45, 7) is 9.87. The maximum Gasteiger partial charge on any atom is 0.330 e. The number of carbonyl (C=O) groups is 2. The van der Waals surface area contributed by atoms with Crippen LogP contribution >= 0.6 is 0 Å². The van der Waals surface area contributed by atoms with Gasteiger partial charge in [0, 0.05) is 19.6 Å². The highest BCUT2D eigenvalue weighted by atomic mass is 16.5. The lowest BCUT2D eigenvalue weighted by Gasteiger charge is -2.54. The second kappa shape index (κ2) is 10.8. The first kappa shape index (κ1) is 24.8. The molecule has 178 valence electrons. The Kier molecular flexibility index (Phi) is 8.14. The lowest BCUT2D eigenvalue weighted by molar-refractivity contribution is -0.192. The van der Waals surface area contributed by atoms with Crippen LogP contribution in [0.2, 0.25) is 0 Å². The lowest BCUT2D eigenvalue weighted by atomic mass is 9.72. The Labute approximate surface area is 197 Å². The van der Waals surface area contributed by atoms with Crippen LogP contribution in [-0.4, -0.2) is 41.6 Å². The van der Waals surface area contributed by atoms with Crippen molar-refractivity contribution in [3.8, 4) is 5.75 Å². The Bertz CT molecular complexity index is 936. The van der Waals surface area contributed by atoms with Gasteiger partial charge in [-0.15, -0.1) is 0 Å². The molecular weight excluding hydrogens is 414 g/mol. The van der Waals surface area contributed by atoms with Gasteiger partial charge in [-0.25, -0.2) is 9.69 Å². The van der Waals surface area contributed by atoms with Gasteiger partial charge in [0.15, 0.2) is 6.23 Å². The summed E-state index contributed by atoms with van der Waals surface area (Å²) in [6, 6.07) is 15.7. The number of ether oxygens (including phenoxy) is 1. The first-order chi connectivity index (χ1) is 15.9. The highest BCUT2D eigenvalue weighted by Gasteiger charge is 2.63. The Morgan fingerprint density at radius 2 is 1.64 bits per heavy atom. The second-order valence-electron chi connectivity index (χ2n) is 8.87. The molecule has 0 radical (unpaired) electrons. The summed E-state index contributed by atoms with van der Waals surface area (Å²) in [7, 11) is 1.91. The van der Waals surface area contributed by atoms with E-state index in [1.54, 1.807) is 4.90 Å². The Balaban J connectivity index is 1.84. The molecule has 1 unspecified atom stereocenters. The number of amides is 3. The predicted molar refractivity (Wildman–Crippen MR) is 131 cm³/mol. The van der Waals surface area contributed by atoms with Gasteiger partial charge in [-0.3, -0.25) is 4.79 Å². The number of nitrogens with one attached hydrogen (secondary N) is 1. The smallest absolute Gasteiger partial charge is 0.330 e. The maximum absolute atomic E-state index is 13.6. The molecule has 3 rings (SSSR count). The van der Waals surface area contributed by atoms with Crippen LogP contribution in [0.4, 0.5) is 4.79 Å². The lowest BCUT2D eigenvalue weighted by Crippen LogP contribution is -2.73. The maximum atomic E-state index is 13.6. The van der Waals surface area contributed by atoms with Crippen LogP contribution < -0.4 is 10.1 Å². The van der Waals surface area contributed by atoms with Gasteiger partial charge in [0.2, 0.25) is 5.91 Å². The van der Waals surface area contributed by atoms with Crippen molar-refractivity contribution in [2.24, 2.45) is 5.41 Å². The minimum atomic E-state index is -0.680. The van der Waals surface area contributed by atoms with Crippen LogP contribution in [0.1, 0.15) is 56.7 Å². The fourth-order valence-corrected chi connectivity index (χ4v) is 4.48. The predicted octanol–water partition coefficient (Wildman–Crippen LogP) is 5.10. The van der Waals surface area contributed by atoms with Crippen LogP contribution in [0.5, 0.6) is 5.75 Å². The highest BCUT2D eigenvalue weighted by molar-refractivity contribution is 6.03. The topological polar surface area (TPSA) is 61.9 Å². The third kappa shape index (κ3) is 5.06. The van der Waals surface area contributed by atoms with Gasteiger partial charge in [0.1, 0.15) is 11.2 Å². The third-order valence-electron chi connectivity index (χ3n) is 6.63. The molecule has 0 aliphatic carbocycles. The molecule has 1 aliphatic rings. The average molecular weight is 452 g/mol. The first-order valence-corrected chi connectivity index (χ1v) is 12.0. The van der Waals surface area contributed by atoms with Crippen molar-refractivity contribution in [2.75, 3.05) is 13.6 Å². The molecule has 6 nitrogen and oxygen atoms in total. The van der Waals surface area contributed by atoms with E-state index in [-0.39, 0.29) is 11.9 Å². The van der Waals surface area contributed by atoms with Crippen LogP contribution in [-0.2, 0) is 17.9 Å². The summed E-state index contributed by atoms with van der Waals surface area (Å²) in [5.74, 6) is 0.524. The first-order valence-electron chi connectivity index (χ1n) is 12.0. The van der Waals surface area contributed by atoms with Gasteiger partial charge < -0.3 is 15.0 Å². The molecule has 1 N–H and O–H groups in total. The number of β-lactam (4-membered cyclic amide) rings is 1. The van der Waals surface area contributed by atoms with Gasteiger partial charge >= 0.3 is 6.03 Å². The van der Waals surface area contributed by atoms with E-state index in [1.165, 1.54) is 10.5 Å².